The van der Waals surface area contributed by atoms with E-state index in [0.29, 0.717) is 29.4 Å². The highest BCUT2D eigenvalue weighted by atomic mass is 19.1. The summed E-state index contributed by atoms with van der Waals surface area (Å²) in [6.45, 7) is 0.563. The monoisotopic (exact) mass is 574 g/mol. The highest BCUT2D eigenvalue weighted by Gasteiger charge is 2.21. The van der Waals surface area contributed by atoms with E-state index >= 15 is 0 Å². The van der Waals surface area contributed by atoms with E-state index in [4.69, 9.17) is 4.98 Å². The first-order valence-corrected chi connectivity index (χ1v) is 14.6. The Morgan fingerprint density at radius 3 is 2.72 bits per heavy atom. The molecule has 4 aromatic heterocycles. The van der Waals surface area contributed by atoms with Crippen molar-refractivity contribution in [1.29, 1.82) is 0 Å². The van der Waals surface area contributed by atoms with Crippen LogP contribution < -0.4 is 10.6 Å². The van der Waals surface area contributed by atoms with Gasteiger partial charge in [0, 0.05) is 41.5 Å². The Morgan fingerprint density at radius 2 is 1.86 bits per heavy atom. The number of hydrogen-bond donors (Lipinski definition) is 4. The standard InChI is InChI=1S/C33H31FN8O/c1-35-15-19-10-21(12-24(34)11-19)26-8-5-9-28-29(26)40-32(39-28)30-27-14-23(17-37-31(27)42-41-30)22-13-25(18-36-16-22)38-33(43)20-6-3-2-4-7-20/h5,8-14,16-18,20,35H,2-4,6-7,15H2,1H3,(H,38,43)(H,39,40)(H,37,41,42). The third kappa shape index (κ3) is 5.37. The molecule has 0 unspecified atom stereocenters. The lowest BCUT2D eigenvalue weighted by Gasteiger charge is -2.20. The Balaban J connectivity index is 1.22. The van der Waals surface area contributed by atoms with Crippen LogP contribution in [0.1, 0.15) is 37.7 Å². The van der Waals surface area contributed by atoms with Crippen LogP contribution in [0.2, 0.25) is 0 Å². The van der Waals surface area contributed by atoms with Gasteiger partial charge in [0.1, 0.15) is 11.5 Å². The van der Waals surface area contributed by atoms with E-state index in [-0.39, 0.29) is 17.6 Å². The van der Waals surface area contributed by atoms with Crippen LogP contribution in [0.4, 0.5) is 10.1 Å². The highest BCUT2D eigenvalue weighted by Crippen LogP contribution is 2.33. The van der Waals surface area contributed by atoms with Crippen molar-refractivity contribution in [3.8, 4) is 33.8 Å². The third-order valence-electron chi connectivity index (χ3n) is 8.12. The van der Waals surface area contributed by atoms with Crippen molar-refractivity contribution >= 4 is 33.7 Å². The van der Waals surface area contributed by atoms with Crippen molar-refractivity contribution in [3.05, 3.63) is 78.5 Å². The van der Waals surface area contributed by atoms with Crippen LogP contribution in [-0.4, -0.2) is 43.1 Å². The van der Waals surface area contributed by atoms with E-state index in [9.17, 15) is 9.18 Å². The number of amides is 1. The van der Waals surface area contributed by atoms with Crippen molar-refractivity contribution in [1.82, 2.24) is 35.5 Å². The molecular formula is C33H31FN8O. The summed E-state index contributed by atoms with van der Waals surface area (Å²) in [4.78, 5) is 30.1. The maximum absolute atomic E-state index is 14.5. The summed E-state index contributed by atoms with van der Waals surface area (Å²) in [5.74, 6) is 0.429. The summed E-state index contributed by atoms with van der Waals surface area (Å²) in [7, 11) is 1.84. The van der Waals surface area contributed by atoms with Gasteiger partial charge in [-0.15, -0.1) is 0 Å². The van der Waals surface area contributed by atoms with Crippen molar-refractivity contribution < 1.29 is 9.18 Å². The average Bonchev–Trinajstić information content (AvgIpc) is 3.65. The third-order valence-corrected chi connectivity index (χ3v) is 8.12. The highest BCUT2D eigenvalue weighted by molar-refractivity contribution is 5.98. The molecular weight excluding hydrogens is 543 g/mol. The summed E-state index contributed by atoms with van der Waals surface area (Å²) in [6, 6.07) is 14.8. The molecule has 4 heterocycles. The molecule has 6 aromatic rings. The summed E-state index contributed by atoms with van der Waals surface area (Å²) in [5, 5.41) is 14.4. The molecule has 1 aliphatic carbocycles. The van der Waals surface area contributed by atoms with Crippen LogP contribution in [-0.2, 0) is 11.3 Å². The molecule has 1 aliphatic rings. The number of para-hydroxylation sites is 1. The number of carbonyl (C=O) groups excluding carboxylic acids is 1. The second-order valence-corrected chi connectivity index (χ2v) is 11.1. The van der Waals surface area contributed by atoms with Gasteiger partial charge in [0.05, 0.1) is 28.3 Å². The number of H-pyrrole nitrogens is 2. The number of carbonyl (C=O) groups is 1. The van der Waals surface area contributed by atoms with E-state index in [1.54, 1.807) is 18.6 Å². The lowest BCUT2D eigenvalue weighted by molar-refractivity contribution is -0.120. The number of nitrogens with one attached hydrogen (secondary N) is 4. The second-order valence-electron chi connectivity index (χ2n) is 11.1. The van der Waals surface area contributed by atoms with Gasteiger partial charge >= 0.3 is 0 Å². The Labute approximate surface area is 247 Å². The minimum atomic E-state index is -0.291. The maximum Gasteiger partial charge on any atom is 0.227 e. The van der Waals surface area contributed by atoms with Gasteiger partial charge in [0.15, 0.2) is 11.5 Å². The van der Waals surface area contributed by atoms with Crippen LogP contribution in [0.15, 0.2) is 67.1 Å². The SMILES string of the molecule is CNCc1cc(F)cc(-c2cccc3[nH]c(-c4[nH]nc5ncc(-c6cncc(NC(=O)C7CCCCC7)c6)cc45)nc23)c1. The predicted octanol–water partition coefficient (Wildman–Crippen LogP) is 6.61. The molecule has 1 fully saturated rings. The number of aromatic nitrogens is 6. The normalized spacial score (nSPS) is 14.0. The smallest absolute Gasteiger partial charge is 0.227 e. The Bertz CT molecular complexity index is 1960. The van der Waals surface area contributed by atoms with Gasteiger partial charge in [-0.2, -0.15) is 5.10 Å². The Hall–Kier alpha value is -4.96. The maximum atomic E-state index is 14.5. The minimum Gasteiger partial charge on any atom is -0.337 e. The quantitative estimate of drug-likeness (QED) is 0.170. The summed E-state index contributed by atoms with van der Waals surface area (Å²) in [6.07, 6.45) is 10.5. The number of hydrogen-bond acceptors (Lipinski definition) is 6. The molecule has 2 aromatic carbocycles. The first kappa shape index (κ1) is 26.9. The van der Waals surface area contributed by atoms with Crippen molar-refractivity contribution in [2.24, 2.45) is 5.92 Å². The van der Waals surface area contributed by atoms with E-state index < -0.39 is 0 Å². The molecule has 1 amide bonds. The zero-order chi connectivity index (χ0) is 29.3. The fraction of sp³-hybridized carbons (Fsp3) is 0.242. The van der Waals surface area contributed by atoms with Crippen molar-refractivity contribution in [2.75, 3.05) is 12.4 Å². The van der Waals surface area contributed by atoms with E-state index in [2.05, 4.69) is 35.8 Å². The van der Waals surface area contributed by atoms with Crippen molar-refractivity contribution in [2.45, 2.75) is 38.6 Å². The number of fused-ring (bicyclic) bond motifs is 2. The predicted molar refractivity (Wildman–Crippen MR) is 166 cm³/mol. The molecule has 10 heteroatoms. The number of rotatable bonds is 7. The van der Waals surface area contributed by atoms with Gasteiger partial charge in [-0.25, -0.2) is 14.4 Å². The van der Waals surface area contributed by atoms with Gasteiger partial charge in [-0.05, 0) is 67.4 Å². The Morgan fingerprint density at radius 1 is 1.00 bits per heavy atom. The van der Waals surface area contributed by atoms with Gasteiger partial charge < -0.3 is 15.6 Å². The van der Waals surface area contributed by atoms with E-state index in [1.807, 2.05) is 43.4 Å². The van der Waals surface area contributed by atoms with Crippen LogP contribution in [0.5, 0.6) is 0 Å². The van der Waals surface area contributed by atoms with Crippen LogP contribution in [0.3, 0.4) is 0 Å². The molecule has 0 spiro atoms. The molecule has 7 rings (SSSR count). The topological polar surface area (TPSA) is 124 Å². The molecule has 0 aliphatic heterocycles. The molecule has 9 nitrogen and oxygen atoms in total. The largest absolute Gasteiger partial charge is 0.337 e. The number of nitrogens with zero attached hydrogens (tertiary/aromatic N) is 4. The molecule has 0 radical (unpaired) electrons. The fourth-order valence-corrected chi connectivity index (χ4v) is 6.01. The molecule has 43 heavy (non-hydrogen) atoms. The zero-order valence-electron chi connectivity index (χ0n) is 23.7. The zero-order valence-corrected chi connectivity index (χ0v) is 23.7. The molecule has 1 saturated carbocycles. The van der Waals surface area contributed by atoms with Crippen molar-refractivity contribution in [3.63, 3.8) is 0 Å². The first-order chi connectivity index (χ1) is 21.1. The number of anilines is 1. The number of aromatic amines is 2. The first-order valence-electron chi connectivity index (χ1n) is 14.6. The van der Waals surface area contributed by atoms with Gasteiger partial charge in [0.2, 0.25) is 5.91 Å². The van der Waals surface area contributed by atoms with Crippen LogP contribution in [0.25, 0.3) is 55.8 Å². The number of imidazole rings is 1. The number of halogens is 1. The van der Waals surface area contributed by atoms with Gasteiger partial charge in [0.25, 0.3) is 0 Å². The van der Waals surface area contributed by atoms with Crippen LogP contribution in [0, 0.1) is 11.7 Å². The second kappa shape index (κ2) is 11.4. The molecule has 0 atom stereocenters. The lowest BCUT2D eigenvalue weighted by atomic mass is 9.88. The number of pyridine rings is 2. The van der Waals surface area contributed by atoms with Crippen LogP contribution >= 0.6 is 0 Å². The van der Waals surface area contributed by atoms with Gasteiger partial charge in [-0.1, -0.05) is 31.4 Å². The molecule has 216 valence electrons. The molecule has 4 N–H and O–H groups in total. The summed E-state index contributed by atoms with van der Waals surface area (Å²) < 4.78 is 14.5. The summed E-state index contributed by atoms with van der Waals surface area (Å²) in [5.41, 5.74) is 7.58. The number of benzene rings is 2. The molecule has 0 saturated heterocycles. The van der Waals surface area contributed by atoms with E-state index in [0.717, 1.165) is 69.9 Å². The average molecular weight is 575 g/mol. The molecule has 0 bridgehead atoms. The minimum absolute atomic E-state index is 0.0598. The lowest BCUT2D eigenvalue weighted by Crippen LogP contribution is -2.24. The fourth-order valence-electron chi connectivity index (χ4n) is 6.01. The summed E-state index contributed by atoms with van der Waals surface area (Å²) >= 11 is 0. The Kier molecular flexibility index (Phi) is 7.12. The van der Waals surface area contributed by atoms with E-state index in [1.165, 1.54) is 18.6 Å². The van der Waals surface area contributed by atoms with Gasteiger partial charge in [-0.3, -0.25) is 14.9 Å².